The summed E-state index contributed by atoms with van der Waals surface area (Å²) >= 11 is 11.6. The Morgan fingerprint density at radius 1 is 1.07 bits per heavy atom. The van der Waals surface area contributed by atoms with Gasteiger partial charge in [-0.1, -0.05) is 29.3 Å². The number of piperazine rings is 1. The third-order valence-corrected chi connectivity index (χ3v) is 6.95. The lowest BCUT2D eigenvalue weighted by molar-refractivity contribution is -0.137. The molecule has 0 N–H and O–H groups in total. The van der Waals surface area contributed by atoms with E-state index in [0.717, 1.165) is 22.5 Å². The minimum atomic E-state index is -4.65. The van der Waals surface area contributed by atoms with Crippen LogP contribution < -0.4 is 0 Å². The van der Waals surface area contributed by atoms with Gasteiger partial charge in [-0.2, -0.15) is 17.5 Å². The van der Waals surface area contributed by atoms with Crippen molar-refractivity contribution in [2.45, 2.75) is 11.1 Å². The summed E-state index contributed by atoms with van der Waals surface area (Å²) in [6, 6.07) is 4.94. The molecule has 0 radical (unpaired) electrons. The average Bonchev–Trinajstić information content (AvgIpc) is 2.69. The highest BCUT2D eigenvalue weighted by Gasteiger charge is 2.34. The number of aromatic nitrogens is 1. The Morgan fingerprint density at radius 2 is 1.72 bits per heavy atom. The van der Waals surface area contributed by atoms with Crippen molar-refractivity contribution < 1.29 is 26.4 Å². The van der Waals surface area contributed by atoms with Crippen LogP contribution in [0.4, 0.5) is 13.2 Å². The first-order valence-corrected chi connectivity index (χ1v) is 10.5. The largest absolute Gasteiger partial charge is 0.416 e. The van der Waals surface area contributed by atoms with Crippen LogP contribution in [0, 0.1) is 0 Å². The Balaban J connectivity index is 1.73. The molecule has 156 valence electrons. The van der Waals surface area contributed by atoms with Crippen molar-refractivity contribution in [3.05, 3.63) is 57.8 Å². The van der Waals surface area contributed by atoms with Gasteiger partial charge in [0.25, 0.3) is 5.91 Å². The van der Waals surface area contributed by atoms with Gasteiger partial charge in [0.2, 0.25) is 10.0 Å². The summed E-state index contributed by atoms with van der Waals surface area (Å²) in [5.41, 5.74) is -0.840. The maximum absolute atomic E-state index is 12.9. The lowest BCUT2D eigenvalue weighted by atomic mass is 10.2. The highest BCUT2D eigenvalue weighted by Crippen LogP contribution is 2.31. The summed E-state index contributed by atoms with van der Waals surface area (Å²) in [5.74, 6) is -0.396. The first-order chi connectivity index (χ1) is 13.5. The number of hydrogen-bond acceptors (Lipinski definition) is 4. The molecule has 6 nitrogen and oxygen atoms in total. The van der Waals surface area contributed by atoms with E-state index in [9.17, 15) is 26.4 Å². The zero-order valence-corrected chi connectivity index (χ0v) is 17.0. The second-order valence-electron chi connectivity index (χ2n) is 6.22. The highest BCUT2D eigenvalue weighted by molar-refractivity contribution is 7.89. The number of alkyl halides is 3. The van der Waals surface area contributed by atoms with Crippen molar-refractivity contribution in [2.75, 3.05) is 26.2 Å². The van der Waals surface area contributed by atoms with E-state index in [-0.39, 0.29) is 41.9 Å². The smallest absolute Gasteiger partial charge is 0.336 e. The van der Waals surface area contributed by atoms with Crippen molar-refractivity contribution >= 4 is 39.1 Å². The Morgan fingerprint density at radius 3 is 2.31 bits per heavy atom. The summed E-state index contributed by atoms with van der Waals surface area (Å²) in [6.07, 6.45) is -3.38. The molecule has 1 fully saturated rings. The van der Waals surface area contributed by atoms with Gasteiger partial charge in [0.15, 0.2) is 0 Å². The van der Waals surface area contributed by atoms with E-state index < -0.39 is 32.6 Å². The number of carbonyl (C=O) groups excluding carboxylic acids is 1. The maximum atomic E-state index is 12.9. The third-order valence-electron chi connectivity index (χ3n) is 4.37. The zero-order valence-electron chi connectivity index (χ0n) is 14.7. The normalized spacial score (nSPS) is 16.1. The van der Waals surface area contributed by atoms with Gasteiger partial charge in [-0.25, -0.2) is 13.4 Å². The van der Waals surface area contributed by atoms with Gasteiger partial charge < -0.3 is 4.90 Å². The number of benzene rings is 1. The number of carbonyl (C=O) groups is 1. The average molecular weight is 468 g/mol. The van der Waals surface area contributed by atoms with Crippen LogP contribution in [0.1, 0.15) is 15.9 Å². The SMILES string of the molecule is O=C(c1cnc(Cl)c(Cl)c1)N1CCN(S(=O)(=O)c2cccc(C(F)(F)F)c2)CC1. The van der Waals surface area contributed by atoms with Crippen molar-refractivity contribution in [2.24, 2.45) is 0 Å². The molecule has 1 saturated heterocycles. The first-order valence-electron chi connectivity index (χ1n) is 8.28. The van der Waals surface area contributed by atoms with Gasteiger partial charge in [-0.3, -0.25) is 4.79 Å². The van der Waals surface area contributed by atoms with Crippen LogP contribution in [0.3, 0.4) is 0 Å². The molecule has 0 unspecified atom stereocenters. The minimum absolute atomic E-state index is 0.0558. The van der Waals surface area contributed by atoms with Crippen LogP contribution in [0.15, 0.2) is 41.4 Å². The van der Waals surface area contributed by atoms with Crippen molar-refractivity contribution in [3.8, 4) is 0 Å². The van der Waals surface area contributed by atoms with Gasteiger partial charge in [0.1, 0.15) is 5.15 Å². The van der Waals surface area contributed by atoms with Gasteiger partial charge in [0, 0.05) is 32.4 Å². The molecule has 0 saturated carbocycles. The molecule has 3 rings (SSSR count). The van der Waals surface area contributed by atoms with E-state index in [1.54, 1.807) is 0 Å². The standard InChI is InChI=1S/C17H14Cl2F3N3O3S/c18-14-8-11(10-23-15(14)19)16(26)24-4-6-25(7-5-24)29(27,28)13-3-1-2-12(9-13)17(20,21)22/h1-3,8-10H,4-7H2. The van der Waals surface area contributed by atoms with Crippen molar-refractivity contribution in [1.29, 1.82) is 0 Å². The van der Waals surface area contributed by atoms with Crippen LogP contribution in [0.25, 0.3) is 0 Å². The summed E-state index contributed by atoms with van der Waals surface area (Å²) in [6.45, 7) is 0.0205. The third kappa shape index (κ3) is 4.66. The minimum Gasteiger partial charge on any atom is -0.336 e. The second kappa shape index (κ2) is 8.10. The van der Waals surface area contributed by atoms with E-state index >= 15 is 0 Å². The van der Waals surface area contributed by atoms with Gasteiger partial charge >= 0.3 is 6.18 Å². The molecule has 12 heteroatoms. The number of nitrogens with zero attached hydrogens (tertiary/aromatic N) is 3. The topological polar surface area (TPSA) is 70.6 Å². The molecule has 29 heavy (non-hydrogen) atoms. The molecule has 0 bridgehead atoms. The second-order valence-corrected chi connectivity index (χ2v) is 8.92. The lowest BCUT2D eigenvalue weighted by Crippen LogP contribution is -2.50. The number of hydrogen-bond donors (Lipinski definition) is 0. The molecule has 2 heterocycles. The highest BCUT2D eigenvalue weighted by atomic mass is 35.5. The fourth-order valence-electron chi connectivity index (χ4n) is 2.83. The molecule has 1 aliphatic heterocycles. The predicted octanol–water partition coefficient (Wildman–Crippen LogP) is 3.55. The lowest BCUT2D eigenvalue weighted by Gasteiger charge is -2.34. The number of amides is 1. The molecule has 0 spiro atoms. The summed E-state index contributed by atoms with van der Waals surface area (Å²) in [5, 5.41) is 0.170. The van der Waals surface area contributed by atoms with E-state index in [1.807, 2.05) is 0 Å². The number of pyridine rings is 1. The fourth-order valence-corrected chi connectivity index (χ4v) is 4.57. The Hall–Kier alpha value is -1.88. The Labute approximate surface area is 174 Å². The van der Waals surface area contributed by atoms with Crippen LogP contribution in [-0.4, -0.2) is 54.7 Å². The van der Waals surface area contributed by atoms with Crippen LogP contribution in [0.2, 0.25) is 10.2 Å². The van der Waals surface area contributed by atoms with E-state index in [0.29, 0.717) is 6.07 Å². The molecule has 0 atom stereocenters. The summed E-state index contributed by atoms with van der Waals surface area (Å²) in [4.78, 5) is 17.3. The molecule has 1 aromatic heterocycles. The predicted molar refractivity (Wildman–Crippen MR) is 100 cm³/mol. The molecule has 1 aliphatic rings. The molecule has 2 aromatic rings. The van der Waals surface area contributed by atoms with E-state index in [1.165, 1.54) is 17.2 Å². The molecule has 1 amide bonds. The van der Waals surface area contributed by atoms with Crippen LogP contribution >= 0.6 is 23.2 Å². The first kappa shape index (κ1) is 21.8. The Bertz CT molecular complexity index is 1040. The molecular formula is C17H14Cl2F3N3O3S. The summed E-state index contributed by atoms with van der Waals surface area (Å²) in [7, 11) is -4.13. The number of halogens is 5. The number of rotatable bonds is 3. The number of sulfonamides is 1. The van der Waals surface area contributed by atoms with Crippen LogP contribution in [0.5, 0.6) is 0 Å². The quantitative estimate of drug-likeness (QED) is 0.647. The Kier molecular flexibility index (Phi) is 6.09. The molecular weight excluding hydrogens is 454 g/mol. The fraction of sp³-hybridized carbons (Fsp3) is 0.294. The van der Waals surface area contributed by atoms with E-state index in [4.69, 9.17) is 23.2 Å². The van der Waals surface area contributed by atoms with E-state index in [2.05, 4.69) is 4.98 Å². The van der Waals surface area contributed by atoms with Gasteiger partial charge in [0.05, 0.1) is 21.0 Å². The monoisotopic (exact) mass is 467 g/mol. The maximum Gasteiger partial charge on any atom is 0.416 e. The summed E-state index contributed by atoms with van der Waals surface area (Å²) < 4.78 is 65.1. The van der Waals surface area contributed by atoms with Crippen molar-refractivity contribution in [3.63, 3.8) is 0 Å². The molecule has 1 aromatic carbocycles. The van der Waals surface area contributed by atoms with Crippen LogP contribution in [-0.2, 0) is 16.2 Å². The van der Waals surface area contributed by atoms with Gasteiger partial charge in [-0.05, 0) is 24.3 Å². The zero-order chi connectivity index (χ0) is 21.4. The van der Waals surface area contributed by atoms with Gasteiger partial charge in [-0.15, -0.1) is 0 Å². The van der Waals surface area contributed by atoms with Crippen molar-refractivity contribution in [1.82, 2.24) is 14.2 Å². The molecule has 0 aliphatic carbocycles.